The van der Waals surface area contributed by atoms with E-state index in [1.165, 1.54) is 11.3 Å². The van der Waals surface area contributed by atoms with Crippen molar-refractivity contribution in [2.24, 2.45) is 5.92 Å². The number of carbonyl (C=O) groups is 1. The molecule has 1 rings (SSSR count). The number of thiophene rings is 1. The molecule has 1 aromatic rings. The number of carbonyl (C=O) groups excluding carboxylic acids is 1. The largest absolute Gasteiger partial charge is 0.296 e. The van der Waals surface area contributed by atoms with Crippen molar-refractivity contribution in [3.05, 3.63) is 21.3 Å². The average Bonchev–Trinajstić information content (AvgIpc) is 2.74. The molecule has 0 spiro atoms. The quantitative estimate of drug-likeness (QED) is 0.701. The monoisotopic (exact) mass is 273 g/mol. The van der Waals surface area contributed by atoms with Gasteiger partial charge in [0.05, 0.1) is 15.8 Å². The summed E-state index contributed by atoms with van der Waals surface area (Å²) in [5.41, 5.74) is 0. The molecule has 4 heteroatoms. The molecule has 96 valence electrons. The zero-order valence-electron chi connectivity index (χ0n) is 10.7. The van der Waals surface area contributed by atoms with Crippen LogP contribution in [0.15, 0.2) is 12.1 Å². The summed E-state index contributed by atoms with van der Waals surface area (Å²) in [7, 11) is 0. The van der Waals surface area contributed by atoms with Gasteiger partial charge < -0.3 is 0 Å². The van der Waals surface area contributed by atoms with Gasteiger partial charge in [-0.2, -0.15) is 0 Å². The molecule has 0 aromatic carbocycles. The Kier molecular flexibility index (Phi) is 6.17. The van der Waals surface area contributed by atoms with Gasteiger partial charge in [-0.25, -0.2) is 0 Å². The molecule has 0 aliphatic heterocycles. The van der Waals surface area contributed by atoms with Crippen molar-refractivity contribution in [1.82, 2.24) is 4.90 Å². The first-order valence-corrected chi connectivity index (χ1v) is 7.27. The van der Waals surface area contributed by atoms with Crippen LogP contribution in [0.2, 0.25) is 4.34 Å². The van der Waals surface area contributed by atoms with Crippen LogP contribution in [-0.4, -0.2) is 30.3 Å². The average molecular weight is 274 g/mol. The lowest BCUT2D eigenvalue weighted by Crippen LogP contribution is -2.33. The van der Waals surface area contributed by atoms with Crippen molar-refractivity contribution >= 4 is 28.7 Å². The summed E-state index contributed by atoms with van der Waals surface area (Å²) in [6, 6.07) is 3.59. The van der Waals surface area contributed by atoms with Crippen molar-refractivity contribution in [3.63, 3.8) is 0 Å². The van der Waals surface area contributed by atoms with E-state index in [-0.39, 0.29) is 5.78 Å². The highest BCUT2D eigenvalue weighted by atomic mass is 35.5. The fraction of sp³-hybridized carbons (Fsp3) is 0.615. The van der Waals surface area contributed by atoms with Gasteiger partial charge in [-0.05, 0) is 24.6 Å². The first-order chi connectivity index (χ1) is 8.06. The lowest BCUT2D eigenvalue weighted by Gasteiger charge is -2.22. The smallest absolute Gasteiger partial charge is 0.186 e. The lowest BCUT2D eigenvalue weighted by molar-refractivity contribution is 0.0928. The number of halogens is 1. The molecule has 0 radical (unpaired) electrons. The summed E-state index contributed by atoms with van der Waals surface area (Å²) in [4.78, 5) is 15.0. The topological polar surface area (TPSA) is 20.3 Å². The Morgan fingerprint density at radius 2 is 2.18 bits per heavy atom. The Bertz CT molecular complexity index is 364. The van der Waals surface area contributed by atoms with Gasteiger partial charge in [0, 0.05) is 6.54 Å². The third kappa shape index (κ3) is 4.78. The second-order valence-corrected chi connectivity index (χ2v) is 6.08. The van der Waals surface area contributed by atoms with E-state index in [1.807, 2.05) is 6.07 Å². The summed E-state index contributed by atoms with van der Waals surface area (Å²) in [6.07, 6.45) is 1.15. The molecule has 0 bridgehead atoms. The number of hydrogen-bond acceptors (Lipinski definition) is 3. The predicted molar refractivity (Wildman–Crippen MR) is 75.2 cm³/mol. The molecule has 0 fully saturated rings. The minimum Gasteiger partial charge on any atom is -0.296 e. The number of hydrogen-bond donors (Lipinski definition) is 0. The van der Waals surface area contributed by atoms with E-state index in [0.29, 0.717) is 16.8 Å². The molecule has 1 aromatic heterocycles. The van der Waals surface area contributed by atoms with Crippen molar-refractivity contribution in [2.45, 2.75) is 27.2 Å². The second-order valence-electron chi connectivity index (χ2n) is 4.37. The molecular weight excluding hydrogens is 254 g/mol. The van der Waals surface area contributed by atoms with Gasteiger partial charge >= 0.3 is 0 Å². The molecule has 0 saturated carbocycles. The van der Waals surface area contributed by atoms with Gasteiger partial charge in [0.1, 0.15) is 0 Å². The molecule has 1 unspecified atom stereocenters. The van der Waals surface area contributed by atoms with Gasteiger partial charge in [-0.1, -0.05) is 38.8 Å². The molecule has 1 heterocycles. The van der Waals surface area contributed by atoms with Crippen LogP contribution in [0.3, 0.4) is 0 Å². The summed E-state index contributed by atoms with van der Waals surface area (Å²) in [5.74, 6) is 0.807. The van der Waals surface area contributed by atoms with Crippen LogP contribution < -0.4 is 0 Å². The Morgan fingerprint density at radius 3 is 2.65 bits per heavy atom. The summed E-state index contributed by atoms with van der Waals surface area (Å²) in [6.45, 7) is 8.89. The Morgan fingerprint density at radius 1 is 1.47 bits per heavy atom. The number of Topliss-reactive ketones (excluding diaryl/α,β-unsaturated/α-hetero) is 1. The highest BCUT2D eigenvalue weighted by Gasteiger charge is 2.14. The SMILES string of the molecule is CCC(C)CN(CC)CC(=O)c1ccc(Cl)s1. The van der Waals surface area contributed by atoms with Crippen LogP contribution in [0.25, 0.3) is 0 Å². The molecule has 0 saturated heterocycles. The van der Waals surface area contributed by atoms with Crippen LogP contribution >= 0.6 is 22.9 Å². The molecule has 0 aliphatic carbocycles. The van der Waals surface area contributed by atoms with Gasteiger partial charge in [-0.15, -0.1) is 11.3 Å². The zero-order chi connectivity index (χ0) is 12.8. The van der Waals surface area contributed by atoms with Crippen molar-refractivity contribution in [3.8, 4) is 0 Å². The third-order valence-corrected chi connectivity index (χ3v) is 4.20. The fourth-order valence-corrected chi connectivity index (χ4v) is 2.59. The normalized spacial score (nSPS) is 13.0. The van der Waals surface area contributed by atoms with Crippen molar-refractivity contribution in [1.29, 1.82) is 0 Å². The number of rotatable bonds is 7. The van der Waals surface area contributed by atoms with Crippen LogP contribution in [-0.2, 0) is 0 Å². The Balaban J connectivity index is 2.53. The minimum atomic E-state index is 0.173. The minimum absolute atomic E-state index is 0.173. The van der Waals surface area contributed by atoms with E-state index in [9.17, 15) is 4.79 Å². The van der Waals surface area contributed by atoms with Gasteiger partial charge in [0.15, 0.2) is 5.78 Å². The Hall–Kier alpha value is -0.380. The standard InChI is InChI=1S/C13H20ClNOS/c1-4-10(3)8-15(5-2)9-11(16)12-6-7-13(14)17-12/h6-7,10H,4-5,8-9H2,1-3H3. The molecule has 17 heavy (non-hydrogen) atoms. The van der Waals surface area contributed by atoms with E-state index in [4.69, 9.17) is 11.6 Å². The van der Waals surface area contributed by atoms with E-state index >= 15 is 0 Å². The molecule has 1 atom stereocenters. The predicted octanol–water partition coefficient (Wildman–Crippen LogP) is 3.95. The maximum atomic E-state index is 12.0. The van der Waals surface area contributed by atoms with Crippen LogP contribution in [0.1, 0.15) is 36.9 Å². The summed E-state index contributed by atoms with van der Waals surface area (Å²) < 4.78 is 0.679. The van der Waals surface area contributed by atoms with Gasteiger partial charge in [-0.3, -0.25) is 9.69 Å². The fourth-order valence-electron chi connectivity index (χ4n) is 1.62. The maximum absolute atomic E-state index is 12.0. The van der Waals surface area contributed by atoms with E-state index in [1.54, 1.807) is 6.07 Å². The molecular formula is C13H20ClNOS. The van der Waals surface area contributed by atoms with Gasteiger partial charge in [0.2, 0.25) is 0 Å². The van der Waals surface area contributed by atoms with Crippen LogP contribution in [0.5, 0.6) is 0 Å². The van der Waals surface area contributed by atoms with Gasteiger partial charge in [0.25, 0.3) is 0 Å². The van der Waals surface area contributed by atoms with E-state index in [0.717, 1.165) is 24.4 Å². The lowest BCUT2D eigenvalue weighted by atomic mass is 10.1. The molecule has 0 amide bonds. The second kappa shape index (κ2) is 7.14. The summed E-state index contributed by atoms with van der Waals surface area (Å²) >= 11 is 7.20. The number of nitrogens with zero attached hydrogens (tertiary/aromatic N) is 1. The van der Waals surface area contributed by atoms with Crippen LogP contribution in [0.4, 0.5) is 0 Å². The first kappa shape index (κ1) is 14.7. The highest BCUT2D eigenvalue weighted by molar-refractivity contribution is 7.18. The maximum Gasteiger partial charge on any atom is 0.186 e. The van der Waals surface area contributed by atoms with E-state index < -0.39 is 0 Å². The third-order valence-electron chi connectivity index (χ3n) is 2.93. The molecule has 0 N–H and O–H groups in total. The van der Waals surface area contributed by atoms with Crippen molar-refractivity contribution in [2.75, 3.05) is 19.6 Å². The highest BCUT2D eigenvalue weighted by Crippen LogP contribution is 2.22. The first-order valence-electron chi connectivity index (χ1n) is 6.07. The zero-order valence-corrected chi connectivity index (χ0v) is 12.3. The Labute approximate surface area is 113 Å². The molecule has 0 aliphatic rings. The number of likely N-dealkylation sites (N-methyl/N-ethyl adjacent to an activating group) is 1. The number of ketones is 1. The van der Waals surface area contributed by atoms with Crippen molar-refractivity contribution < 1.29 is 4.79 Å². The van der Waals surface area contributed by atoms with Crippen LogP contribution in [0, 0.1) is 5.92 Å². The summed E-state index contributed by atoms with van der Waals surface area (Å²) in [5, 5.41) is 0. The molecule has 2 nitrogen and oxygen atoms in total. The van der Waals surface area contributed by atoms with E-state index in [2.05, 4.69) is 25.7 Å².